The summed E-state index contributed by atoms with van der Waals surface area (Å²) in [5.74, 6) is 3.80. The number of unbranched alkanes of at least 4 members (excludes halogenated alkanes) is 16. The van der Waals surface area contributed by atoms with Crippen LogP contribution in [0.3, 0.4) is 0 Å². The second kappa shape index (κ2) is 48.8. The quantitative estimate of drug-likeness (QED) is 0.0448. The molecule has 12 nitrogen and oxygen atoms in total. The van der Waals surface area contributed by atoms with E-state index in [1.54, 1.807) is 25.7 Å². The molecule has 0 saturated heterocycles. The molecule has 0 aromatic carbocycles. The molecular weight excluding hydrogens is 853 g/mol. The Morgan fingerprint density at radius 2 is 0.547 bits per heavy atom. The second-order valence-electron chi connectivity index (χ2n) is 15.8. The molecule has 2 aliphatic rings. The summed E-state index contributed by atoms with van der Waals surface area (Å²) in [6.07, 6.45) is 38.4. The fourth-order valence-corrected chi connectivity index (χ4v) is 8.87. The number of nitrogens with one attached hydrogen (secondary N) is 2. The van der Waals surface area contributed by atoms with Gasteiger partial charge in [0.25, 0.3) is 0 Å². The minimum absolute atomic E-state index is 0.0741. The zero-order valence-electron chi connectivity index (χ0n) is 39.4. The molecule has 2 rings (SSSR count). The van der Waals surface area contributed by atoms with E-state index in [2.05, 4.69) is 32.2 Å². The average molecular weight is 939 g/mol. The normalized spacial score (nSPS) is 14.6. The number of ether oxygens (including phenoxy) is 8. The van der Waals surface area contributed by atoms with Crippen LogP contribution in [-0.2, 0) is 47.5 Å². The summed E-state index contributed by atoms with van der Waals surface area (Å²) in [6, 6.07) is 0. The maximum Gasteiger partial charge on any atom is 0.228 e. The van der Waals surface area contributed by atoms with E-state index in [1.807, 2.05) is 25.7 Å². The Morgan fingerprint density at radius 3 is 0.844 bits per heavy atom. The lowest BCUT2D eigenvalue weighted by atomic mass is 10.1. The van der Waals surface area contributed by atoms with Crippen LogP contribution in [0, 0.1) is 63.2 Å². The minimum Gasteiger partial charge on any atom is -0.379 e. The summed E-state index contributed by atoms with van der Waals surface area (Å²) in [5, 5.41) is 5.65. The van der Waals surface area contributed by atoms with Gasteiger partial charge in [0.15, 0.2) is 0 Å². The molecule has 10 radical (unpaired) electrons. The molecule has 2 N–H and O–H groups in total. The van der Waals surface area contributed by atoms with Gasteiger partial charge in [0, 0.05) is 37.8 Å². The molecule has 2 aliphatic carbocycles. The fourth-order valence-electron chi connectivity index (χ4n) is 6.57. The highest BCUT2D eigenvalue weighted by Crippen LogP contribution is 2.25. The van der Waals surface area contributed by atoms with Gasteiger partial charge in [-0.2, -0.15) is 0 Å². The molecule has 0 bridgehead atoms. The molecule has 0 aliphatic heterocycles. The van der Waals surface area contributed by atoms with Gasteiger partial charge < -0.3 is 48.5 Å². The number of hydrogen-bond donors (Lipinski definition) is 2. The molecular formula is C50H86N2O10S2. The Kier molecular flexibility index (Phi) is 45.3. The molecule has 14 heteroatoms. The minimum atomic E-state index is -0.0741. The van der Waals surface area contributed by atoms with Crippen molar-refractivity contribution in [1.29, 1.82) is 0 Å². The van der Waals surface area contributed by atoms with E-state index in [0.29, 0.717) is 117 Å². The zero-order valence-corrected chi connectivity index (χ0v) is 41.0. The number of amides is 2. The van der Waals surface area contributed by atoms with E-state index in [9.17, 15) is 9.59 Å². The van der Waals surface area contributed by atoms with E-state index >= 15 is 0 Å². The average Bonchev–Trinajstić information content (AvgIpc) is 4.06. The van der Waals surface area contributed by atoms with Crippen LogP contribution in [0.1, 0.15) is 116 Å². The number of carbonyl (C=O) groups is 2. The molecule has 0 aromatic rings. The van der Waals surface area contributed by atoms with Gasteiger partial charge in [0.2, 0.25) is 11.8 Å². The number of hydrogen-bond acceptors (Lipinski definition) is 12. The van der Waals surface area contributed by atoms with Crippen molar-refractivity contribution in [2.45, 2.75) is 116 Å². The molecule has 0 unspecified atom stereocenters. The Hall–Kier alpha value is -0.680. The summed E-state index contributed by atoms with van der Waals surface area (Å²) in [7, 11) is 4.16. The monoisotopic (exact) mass is 939 g/mol. The molecule has 2 fully saturated rings. The zero-order chi connectivity index (χ0) is 45.3. The van der Waals surface area contributed by atoms with E-state index in [0.717, 1.165) is 26.1 Å². The molecule has 0 heterocycles. The molecule has 0 atom stereocenters. The SMILES string of the molecule is O=C(NCCOCCOCCOCCOCCCCCCCCCCCSSCCCCCCCCCCCOCCOCCOCCOCCNC(=O)[C]1[CH][CH][CH][CH]1)[C]1[CH][CH][CH][CH]1. The molecule has 64 heavy (non-hydrogen) atoms. The maximum atomic E-state index is 11.8. The van der Waals surface area contributed by atoms with Crippen LogP contribution in [0.2, 0.25) is 0 Å². The van der Waals surface area contributed by atoms with Crippen LogP contribution >= 0.6 is 21.6 Å². The van der Waals surface area contributed by atoms with Crippen LogP contribution in [0.25, 0.3) is 0 Å². The summed E-state index contributed by atoms with van der Waals surface area (Å²) in [6.45, 7) is 10.2. The van der Waals surface area contributed by atoms with E-state index < -0.39 is 0 Å². The number of carbonyl (C=O) groups excluding carboxylic acids is 2. The summed E-state index contributed by atoms with van der Waals surface area (Å²) >= 11 is 0. The van der Waals surface area contributed by atoms with Crippen molar-refractivity contribution >= 4 is 33.4 Å². The standard InChI is InChI=1S/C50H86N2O10S2/c53-49(47-23-15-16-24-47)51-27-31-57-35-39-61-43-41-59-37-33-55-29-19-11-7-3-1-5-9-13-21-45-63-64-46-22-14-10-6-2-4-8-12-20-30-56-34-38-60-42-44-62-40-36-58-32-28-52-50(54)48-25-17-18-26-48/h15-18,23-26H,1-14,19-22,27-46H2,(H,51,53)(H,52,54). The topological polar surface area (TPSA) is 132 Å². The van der Waals surface area contributed by atoms with E-state index in [1.165, 1.54) is 114 Å². The third-order valence-corrected chi connectivity index (χ3v) is 12.8. The molecule has 2 amide bonds. The highest BCUT2D eigenvalue weighted by molar-refractivity contribution is 8.76. The van der Waals surface area contributed by atoms with Crippen molar-refractivity contribution in [3.05, 3.63) is 63.2 Å². The molecule has 2 saturated carbocycles. The van der Waals surface area contributed by atoms with Gasteiger partial charge in [-0.25, -0.2) is 0 Å². The van der Waals surface area contributed by atoms with Crippen LogP contribution in [-0.4, -0.2) is 142 Å². The second-order valence-corrected chi connectivity index (χ2v) is 18.5. The largest absolute Gasteiger partial charge is 0.379 e. The Morgan fingerprint density at radius 1 is 0.312 bits per heavy atom. The first kappa shape index (κ1) is 59.4. The lowest BCUT2D eigenvalue weighted by Gasteiger charge is -2.10. The van der Waals surface area contributed by atoms with Gasteiger partial charge in [-0.1, -0.05) is 111 Å². The third-order valence-electron chi connectivity index (χ3n) is 10.3. The Bertz CT molecular complexity index is 918. The van der Waals surface area contributed by atoms with Crippen molar-refractivity contribution < 1.29 is 47.5 Å². The lowest BCUT2D eigenvalue weighted by molar-refractivity contribution is -0.119. The summed E-state index contributed by atoms with van der Waals surface area (Å²) < 4.78 is 44.5. The highest BCUT2D eigenvalue weighted by atomic mass is 33.1. The molecule has 0 aromatic heterocycles. The maximum absolute atomic E-state index is 11.8. The van der Waals surface area contributed by atoms with Crippen molar-refractivity contribution in [3.63, 3.8) is 0 Å². The van der Waals surface area contributed by atoms with Crippen molar-refractivity contribution in [2.75, 3.05) is 130 Å². The van der Waals surface area contributed by atoms with Crippen LogP contribution in [0.15, 0.2) is 0 Å². The van der Waals surface area contributed by atoms with E-state index in [-0.39, 0.29) is 11.8 Å². The summed E-state index contributed by atoms with van der Waals surface area (Å²) in [5.41, 5.74) is 0. The van der Waals surface area contributed by atoms with Gasteiger partial charge >= 0.3 is 0 Å². The first-order chi connectivity index (χ1) is 31.8. The van der Waals surface area contributed by atoms with Gasteiger partial charge in [0.1, 0.15) is 0 Å². The van der Waals surface area contributed by atoms with E-state index in [4.69, 9.17) is 37.9 Å². The first-order valence-corrected chi connectivity index (χ1v) is 27.1. The van der Waals surface area contributed by atoms with Gasteiger partial charge in [-0.15, -0.1) is 0 Å². The van der Waals surface area contributed by atoms with Crippen molar-refractivity contribution in [2.24, 2.45) is 0 Å². The number of rotatable bonds is 51. The van der Waals surface area contributed by atoms with Gasteiger partial charge in [0.05, 0.1) is 104 Å². The molecule has 0 spiro atoms. The smallest absolute Gasteiger partial charge is 0.228 e. The molecule has 368 valence electrons. The Balaban J connectivity index is 1.10. The van der Waals surface area contributed by atoms with Crippen LogP contribution in [0.5, 0.6) is 0 Å². The Labute approximate surface area is 399 Å². The highest BCUT2D eigenvalue weighted by Gasteiger charge is 2.24. The predicted molar refractivity (Wildman–Crippen MR) is 261 cm³/mol. The van der Waals surface area contributed by atoms with Crippen LogP contribution in [0.4, 0.5) is 0 Å². The third kappa shape index (κ3) is 40.4. The summed E-state index contributed by atoms with van der Waals surface area (Å²) in [4.78, 5) is 23.6. The lowest BCUT2D eigenvalue weighted by Crippen LogP contribution is -2.31. The van der Waals surface area contributed by atoms with Gasteiger partial charge in [-0.05, 0) is 77.0 Å². The van der Waals surface area contributed by atoms with Crippen molar-refractivity contribution in [3.8, 4) is 0 Å². The van der Waals surface area contributed by atoms with Crippen molar-refractivity contribution in [1.82, 2.24) is 10.6 Å². The van der Waals surface area contributed by atoms with Gasteiger partial charge in [-0.3, -0.25) is 9.59 Å². The van der Waals surface area contributed by atoms with Crippen LogP contribution < -0.4 is 10.6 Å². The predicted octanol–water partition coefficient (Wildman–Crippen LogP) is 8.57. The first-order valence-electron chi connectivity index (χ1n) is 24.6. The fraction of sp³-hybridized carbons (Fsp3) is 0.760.